The van der Waals surface area contributed by atoms with Crippen molar-refractivity contribution >= 4 is 22.4 Å². The molecule has 0 aromatic carbocycles. The summed E-state index contributed by atoms with van der Waals surface area (Å²) in [5, 5.41) is 10.1. The minimum absolute atomic E-state index is 0.0154. The number of rotatable bonds is 2. The zero-order valence-electron chi connectivity index (χ0n) is 11.5. The Balaban J connectivity index is 1.78. The fraction of sp³-hybridized carbons (Fsp3) is 0.429. The lowest BCUT2D eigenvalue weighted by Crippen LogP contribution is -2.41. The lowest BCUT2D eigenvalue weighted by Gasteiger charge is -2.35. The second kappa shape index (κ2) is 5.66. The Bertz CT molecular complexity index is 578. The lowest BCUT2D eigenvalue weighted by atomic mass is 10.00. The Labute approximate surface area is 122 Å². The van der Waals surface area contributed by atoms with Crippen LogP contribution in [0.25, 0.3) is 0 Å². The Morgan fingerprint density at radius 3 is 3.05 bits per heavy atom. The summed E-state index contributed by atoms with van der Waals surface area (Å²) in [5.41, 5.74) is 1.10. The maximum atomic E-state index is 12.5. The molecule has 0 saturated carbocycles. The molecule has 1 saturated heterocycles. The summed E-state index contributed by atoms with van der Waals surface area (Å²) in [6.45, 7) is 0.799. The number of nitrogens with one attached hydrogen (secondary N) is 1. The van der Waals surface area contributed by atoms with Crippen molar-refractivity contribution in [2.24, 2.45) is 7.05 Å². The lowest BCUT2D eigenvalue weighted by molar-refractivity contribution is 0.159. The van der Waals surface area contributed by atoms with Crippen LogP contribution in [0.1, 0.15) is 31.0 Å². The third-order valence-electron chi connectivity index (χ3n) is 3.72. The van der Waals surface area contributed by atoms with E-state index in [-0.39, 0.29) is 12.1 Å². The smallest absolute Gasteiger partial charge is 0.316 e. The zero-order valence-corrected chi connectivity index (χ0v) is 12.3. The predicted octanol–water partition coefficient (Wildman–Crippen LogP) is 3.24. The van der Waals surface area contributed by atoms with Gasteiger partial charge in [0.25, 0.3) is 0 Å². The first-order chi connectivity index (χ1) is 9.75. The van der Waals surface area contributed by atoms with Gasteiger partial charge in [-0.1, -0.05) is 0 Å². The highest BCUT2D eigenvalue weighted by atomic mass is 32.1. The zero-order chi connectivity index (χ0) is 13.9. The van der Waals surface area contributed by atoms with E-state index in [9.17, 15) is 4.79 Å². The van der Waals surface area contributed by atoms with Gasteiger partial charge in [-0.3, -0.25) is 10.00 Å². The number of nitrogens with zero attached hydrogens (tertiary/aromatic N) is 3. The highest BCUT2D eigenvalue weighted by Crippen LogP contribution is 2.31. The van der Waals surface area contributed by atoms with Crippen LogP contribution in [0.4, 0.5) is 9.80 Å². The number of urea groups is 1. The molecule has 2 aromatic heterocycles. The molecule has 1 aliphatic rings. The number of anilines is 1. The maximum absolute atomic E-state index is 12.5. The summed E-state index contributed by atoms with van der Waals surface area (Å²) in [6, 6.07) is 5.97. The van der Waals surface area contributed by atoms with Crippen LogP contribution in [0.15, 0.2) is 29.8 Å². The van der Waals surface area contributed by atoms with Crippen molar-refractivity contribution in [1.29, 1.82) is 0 Å². The topological polar surface area (TPSA) is 50.2 Å². The van der Waals surface area contributed by atoms with Crippen molar-refractivity contribution in [3.8, 4) is 0 Å². The van der Waals surface area contributed by atoms with Crippen LogP contribution in [-0.2, 0) is 7.05 Å². The number of carbonyl (C=O) groups excluding carboxylic acids is 1. The number of carbonyl (C=O) groups is 1. The summed E-state index contributed by atoms with van der Waals surface area (Å²) in [4.78, 5) is 14.4. The Hall–Kier alpha value is -1.82. The molecule has 6 heteroatoms. The summed E-state index contributed by atoms with van der Waals surface area (Å²) in [5.74, 6) is 0. The van der Waals surface area contributed by atoms with E-state index in [0.717, 1.165) is 36.5 Å². The third kappa shape index (κ3) is 2.56. The van der Waals surface area contributed by atoms with Gasteiger partial charge in [-0.2, -0.15) is 5.10 Å². The average Bonchev–Trinajstić information content (AvgIpc) is 3.10. The van der Waals surface area contributed by atoms with Gasteiger partial charge in [0, 0.05) is 19.8 Å². The first kappa shape index (κ1) is 13.2. The Morgan fingerprint density at radius 2 is 2.35 bits per heavy atom. The quantitative estimate of drug-likeness (QED) is 0.923. The predicted molar refractivity (Wildman–Crippen MR) is 79.8 cm³/mol. The molecule has 1 unspecified atom stereocenters. The fourth-order valence-electron chi connectivity index (χ4n) is 2.72. The van der Waals surface area contributed by atoms with Crippen LogP contribution in [-0.4, -0.2) is 27.3 Å². The molecule has 0 radical (unpaired) electrons. The molecule has 3 heterocycles. The van der Waals surface area contributed by atoms with Crippen molar-refractivity contribution in [3.63, 3.8) is 0 Å². The SMILES string of the molecule is Cn1nccc1C1CCCCN1C(=O)Nc1cccs1. The van der Waals surface area contributed by atoms with Crippen LogP contribution in [0.5, 0.6) is 0 Å². The number of hydrogen-bond acceptors (Lipinski definition) is 3. The molecule has 1 N–H and O–H groups in total. The van der Waals surface area contributed by atoms with Gasteiger partial charge < -0.3 is 4.90 Å². The van der Waals surface area contributed by atoms with Gasteiger partial charge in [0.1, 0.15) is 0 Å². The monoisotopic (exact) mass is 290 g/mol. The number of amides is 2. The molecule has 20 heavy (non-hydrogen) atoms. The second-order valence-corrected chi connectivity index (χ2v) is 5.94. The van der Waals surface area contributed by atoms with Gasteiger partial charge in [0.2, 0.25) is 0 Å². The number of piperidine rings is 1. The highest BCUT2D eigenvalue weighted by Gasteiger charge is 2.29. The van der Waals surface area contributed by atoms with E-state index in [4.69, 9.17) is 0 Å². The van der Waals surface area contributed by atoms with E-state index in [1.165, 1.54) is 0 Å². The van der Waals surface area contributed by atoms with Crippen LogP contribution in [0.2, 0.25) is 0 Å². The average molecular weight is 290 g/mol. The first-order valence-electron chi connectivity index (χ1n) is 6.85. The molecule has 5 nitrogen and oxygen atoms in total. The molecule has 2 aromatic rings. The molecular formula is C14H18N4OS. The molecule has 1 aliphatic heterocycles. The van der Waals surface area contributed by atoms with E-state index < -0.39 is 0 Å². The molecule has 106 valence electrons. The van der Waals surface area contributed by atoms with Crippen LogP contribution in [0.3, 0.4) is 0 Å². The minimum atomic E-state index is -0.0154. The summed E-state index contributed by atoms with van der Waals surface area (Å²) in [7, 11) is 1.93. The summed E-state index contributed by atoms with van der Waals surface area (Å²) < 4.78 is 1.86. The first-order valence-corrected chi connectivity index (χ1v) is 7.72. The fourth-order valence-corrected chi connectivity index (χ4v) is 3.33. The summed E-state index contributed by atoms with van der Waals surface area (Å²) in [6.07, 6.45) is 5.00. The minimum Gasteiger partial charge on any atom is -0.316 e. The van der Waals surface area contributed by atoms with E-state index in [1.54, 1.807) is 17.5 Å². The van der Waals surface area contributed by atoms with E-state index in [2.05, 4.69) is 10.4 Å². The van der Waals surface area contributed by atoms with Crippen molar-refractivity contribution in [2.45, 2.75) is 25.3 Å². The number of likely N-dealkylation sites (tertiary alicyclic amines) is 1. The van der Waals surface area contributed by atoms with Gasteiger partial charge in [-0.05, 0) is 42.8 Å². The molecule has 0 aliphatic carbocycles. The summed E-state index contributed by atoms with van der Waals surface area (Å²) >= 11 is 1.54. The maximum Gasteiger partial charge on any atom is 0.323 e. The third-order valence-corrected chi connectivity index (χ3v) is 4.50. The van der Waals surface area contributed by atoms with Crippen molar-refractivity contribution in [2.75, 3.05) is 11.9 Å². The number of hydrogen-bond donors (Lipinski definition) is 1. The molecule has 0 bridgehead atoms. The Morgan fingerprint density at radius 1 is 1.45 bits per heavy atom. The Kier molecular flexibility index (Phi) is 3.73. The molecule has 0 spiro atoms. The highest BCUT2D eigenvalue weighted by molar-refractivity contribution is 7.14. The van der Waals surface area contributed by atoms with Crippen molar-refractivity contribution < 1.29 is 4.79 Å². The molecular weight excluding hydrogens is 272 g/mol. The second-order valence-electron chi connectivity index (χ2n) is 4.99. The molecule has 1 fully saturated rings. The number of aromatic nitrogens is 2. The van der Waals surface area contributed by atoms with Gasteiger partial charge in [0.15, 0.2) is 0 Å². The van der Waals surface area contributed by atoms with Crippen molar-refractivity contribution in [3.05, 3.63) is 35.5 Å². The largest absolute Gasteiger partial charge is 0.323 e. The standard InChI is InChI=1S/C14H18N4OS/c1-17-11(7-8-15-17)12-5-2-3-9-18(12)14(19)16-13-6-4-10-20-13/h4,6-8,10,12H,2-3,5,9H2,1H3,(H,16,19). The van der Waals surface area contributed by atoms with Gasteiger partial charge in [-0.15, -0.1) is 11.3 Å². The van der Waals surface area contributed by atoms with Crippen molar-refractivity contribution in [1.82, 2.24) is 14.7 Å². The van der Waals surface area contributed by atoms with Crippen LogP contribution >= 0.6 is 11.3 Å². The van der Waals surface area contributed by atoms with Crippen LogP contribution < -0.4 is 5.32 Å². The van der Waals surface area contributed by atoms with Gasteiger partial charge in [-0.25, -0.2) is 4.79 Å². The molecule has 2 amide bonds. The molecule has 3 rings (SSSR count). The van der Waals surface area contributed by atoms with E-state index in [1.807, 2.05) is 40.2 Å². The van der Waals surface area contributed by atoms with E-state index >= 15 is 0 Å². The van der Waals surface area contributed by atoms with Gasteiger partial charge >= 0.3 is 6.03 Å². The number of aryl methyl sites for hydroxylation is 1. The van der Waals surface area contributed by atoms with Crippen LogP contribution in [0, 0.1) is 0 Å². The normalized spacial score (nSPS) is 19.1. The van der Waals surface area contributed by atoms with E-state index in [0.29, 0.717) is 0 Å². The van der Waals surface area contributed by atoms with Gasteiger partial charge in [0.05, 0.1) is 16.7 Å². The molecule has 1 atom stereocenters. The number of thiophene rings is 1.